The first-order chi connectivity index (χ1) is 17.4. The van der Waals surface area contributed by atoms with Crippen molar-refractivity contribution in [2.24, 2.45) is 5.10 Å². The van der Waals surface area contributed by atoms with E-state index >= 15 is 0 Å². The van der Waals surface area contributed by atoms with E-state index in [1.807, 2.05) is 6.07 Å². The van der Waals surface area contributed by atoms with E-state index < -0.39 is 16.1 Å². The van der Waals surface area contributed by atoms with E-state index in [0.29, 0.717) is 46.4 Å². The number of ether oxygens (including phenoxy) is 5. The number of sulfonamides is 1. The van der Waals surface area contributed by atoms with Gasteiger partial charge in [0, 0.05) is 12.0 Å². The summed E-state index contributed by atoms with van der Waals surface area (Å²) in [5, 5.41) is 4.60. The van der Waals surface area contributed by atoms with E-state index in [-0.39, 0.29) is 4.90 Å². The van der Waals surface area contributed by atoms with Crippen molar-refractivity contribution in [1.29, 1.82) is 0 Å². The summed E-state index contributed by atoms with van der Waals surface area (Å²) in [4.78, 5) is 0.139. The first-order valence-corrected chi connectivity index (χ1v) is 12.5. The molecule has 10 heteroatoms. The molecule has 4 rings (SSSR count). The fourth-order valence-electron chi connectivity index (χ4n) is 4.14. The number of methoxy groups -OCH3 is 5. The van der Waals surface area contributed by atoms with Crippen LogP contribution in [0.15, 0.2) is 70.7 Å². The van der Waals surface area contributed by atoms with Gasteiger partial charge in [0.2, 0.25) is 5.75 Å². The maximum atomic E-state index is 13.7. The largest absolute Gasteiger partial charge is 0.493 e. The van der Waals surface area contributed by atoms with Crippen LogP contribution in [0.25, 0.3) is 0 Å². The summed E-state index contributed by atoms with van der Waals surface area (Å²) in [5.41, 5.74) is 1.94. The zero-order valence-electron chi connectivity index (χ0n) is 20.7. The predicted molar refractivity (Wildman–Crippen MR) is 135 cm³/mol. The summed E-state index contributed by atoms with van der Waals surface area (Å²) in [6, 6.07) is 16.4. The van der Waals surface area contributed by atoms with E-state index in [4.69, 9.17) is 23.7 Å². The van der Waals surface area contributed by atoms with Crippen molar-refractivity contribution >= 4 is 15.7 Å². The van der Waals surface area contributed by atoms with E-state index in [2.05, 4.69) is 5.10 Å². The molecule has 0 aliphatic carbocycles. The van der Waals surface area contributed by atoms with E-state index in [1.165, 1.54) is 21.3 Å². The standard InChI is InChI=1S/C26H28N2O7S/c1-31-22-12-11-17(13-23(22)32-2)20-16-21(18-14-24(33-3)26(35-5)25(15-18)34-4)28(27-20)36(29,30)19-9-7-6-8-10-19/h6-15,21H,16H2,1-5H3. The molecule has 3 aromatic rings. The third kappa shape index (κ3) is 4.51. The Morgan fingerprint density at radius 3 is 1.92 bits per heavy atom. The molecule has 0 spiro atoms. The van der Waals surface area contributed by atoms with Crippen LogP contribution in [0.3, 0.4) is 0 Å². The third-order valence-electron chi connectivity index (χ3n) is 5.95. The summed E-state index contributed by atoms with van der Waals surface area (Å²) in [6.07, 6.45) is 0.306. The quantitative estimate of drug-likeness (QED) is 0.422. The maximum absolute atomic E-state index is 13.7. The van der Waals surface area contributed by atoms with Crippen molar-refractivity contribution in [2.75, 3.05) is 35.5 Å². The minimum Gasteiger partial charge on any atom is -0.493 e. The van der Waals surface area contributed by atoms with Gasteiger partial charge < -0.3 is 23.7 Å². The van der Waals surface area contributed by atoms with Crippen LogP contribution >= 0.6 is 0 Å². The normalized spacial score (nSPS) is 15.3. The lowest BCUT2D eigenvalue weighted by molar-refractivity contribution is 0.319. The summed E-state index contributed by atoms with van der Waals surface area (Å²) in [7, 11) is 3.66. The molecule has 0 N–H and O–H groups in total. The number of hydrazone groups is 1. The number of benzene rings is 3. The van der Waals surface area contributed by atoms with Crippen LogP contribution in [0.1, 0.15) is 23.6 Å². The SMILES string of the molecule is COc1ccc(C2=NN(S(=O)(=O)c3ccccc3)C(c3cc(OC)c(OC)c(OC)c3)C2)cc1OC. The molecule has 1 unspecified atom stereocenters. The topological polar surface area (TPSA) is 95.9 Å². The molecule has 9 nitrogen and oxygen atoms in total. The van der Waals surface area contributed by atoms with Crippen LogP contribution in [0.2, 0.25) is 0 Å². The Hall–Kier alpha value is -3.92. The van der Waals surface area contributed by atoms with Gasteiger partial charge in [0.25, 0.3) is 10.0 Å². The number of hydrogen-bond donors (Lipinski definition) is 0. The van der Waals surface area contributed by atoms with Gasteiger partial charge in [0.15, 0.2) is 23.0 Å². The lowest BCUT2D eigenvalue weighted by atomic mass is 9.98. The van der Waals surface area contributed by atoms with Gasteiger partial charge in [0.1, 0.15) is 0 Å². The highest BCUT2D eigenvalue weighted by atomic mass is 32.2. The highest BCUT2D eigenvalue weighted by molar-refractivity contribution is 7.89. The van der Waals surface area contributed by atoms with Crippen molar-refractivity contribution < 1.29 is 32.1 Å². The molecule has 1 atom stereocenters. The molecule has 0 bridgehead atoms. The Kier molecular flexibility index (Phi) is 7.25. The van der Waals surface area contributed by atoms with Crippen molar-refractivity contribution in [1.82, 2.24) is 4.41 Å². The van der Waals surface area contributed by atoms with Crippen molar-refractivity contribution in [2.45, 2.75) is 17.4 Å². The monoisotopic (exact) mass is 512 g/mol. The predicted octanol–water partition coefficient (Wildman–Crippen LogP) is 4.27. The average molecular weight is 513 g/mol. The highest BCUT2D eigenvalue weighted by Gasteiger charge is 2.38. The highest BCUT2D eigenvalue weighted by Crippen LogP contribution is 2.44. The van der Waals surface area contributed by atoms with Crippen molar-refractivity contribution in [3.05, 3.63) is 71.8 Å². The molecule has 0 amide bonds. The molecule has 1 heterocycles. The lowest BCUT2D eigenvalue weighted by Gasteiger charge is -2.24. The van der Waals surface area contributed by atoms with Gasteiger partial charge >= 0.3 is 0 Å². The molecular weight excluding hydrogens is 484 g/mol. The second-order valence-corrected chi connectivity index (χ2v) is 9.68. The summed E-state index contributed by atoms with van der Waals surface area (Å²) in [6.45, 7) is 0. The fraction of sp³-hybridized carbons (Fsp3) is 0.269. The Morgan fingerprint density at radius 2 is 1.36 bits per heavy atom. The van der Waals surface area contributed by atoms with Crippen molar-refractivity contribution in [3.63, 3.8) is 0 Å². The fourth-order valence-corrected chi connectivity index (χ4v) is 5.60. The summed E-state index contributed by atoms with van der Waals surface area (Å²) < 4.78 is 55.9. The number of nitrogens with zero attached hydrogens (tertiary/aromatic N) is 2. The average Bonchev–Trinajstić information content (AvgIpc) is 3.38. The molecule has 1 aliphatic heterocycles. The smallest absolute Gasteiger partial charge is 0.279 e. The molecule has 0 saturated heterocycles. The van der Waals surface area contributed by atoms with Crippen LogP contribution in [-0.4, -0.2) is 54.1 Å². The molecule has 190 valence electrons. The zero-order valence-corrected chi connectivity index (χ0v) is 21.5. The molecule has 0 radical (unpaired) electrons. The first-order valence-electron chi connectivity index (χ1n) is 11.1. The number of rotatable bonds is 9. The minimum absolute atomic E-state index is 0.139. The van der Waals surface area contributed by atoms with Crippen LogP contribution in [0.4, 0.5) is 0 Å². The van der Waals surface area contributed by atoms with Gasteiger partial charge in [-0.25, -0.2) is 0 Å². The minimum atomic E-state index is -3.98. The number of hydrogen-bond acceptors (Lipinski definition) is 8. The van der Waals surface area contributed by atoms with Crippen LogP contribution in [-0.2, 0) is 10.0 Å². The van der Waals surface area contributed by atoms with Crippen LogP contribution < -0.4 is 23.7 Å². The van der Waals surface area contributed by atoms with E-state index in [9.17, 15) is 8.42 Å². The second-order valence-electron chi connectivity index (χ2n) is 7.89. The molecule has 0 aromatic heterocycles. The molecule has 3 aromatic carbocycles. The molecule has 36 heavy (non-hydrogen) atoms. The Bertz CT molecular complexity index is 1350. The summed E-state index contributed by atoms with van der Waals surface area (Å²) in [5.74, 6) is 2.34. The molecular formula is C26H28N2O7S. The van der Waals surface area contributed by atoms with Crippen LogP contribution in [0, 0.1) is 0 Å². The maximum Gasteiger partial charge on any atom is 0.279 e. The van der Waals surface area contributed by atoms with Gasteiger partial charge in [-0.05, 0) is 48.0 Å². The molecule has 0 saturated carbocycles. The lowest BCUT2D eigenvalue weighted by Crippen LogP contribution is -2.27. The van der Waals surface area contributed by atoms with Crippen molar-refractivity contribution in [3.8, 4) is 28.7 Å². The Balaban J connectivity index is 1.86. The van der Waals surface area contributed by atoms with Gasteiger partial charge in [-0.3, -0.25) is 0 Å². The molecule has 0 fully saturated rings. The van der Waals surface area contributed by atoms with E-state index in [0.717, 1.165) is 9.98 Å². The summed E-state index contributed by atoms with van der Waals surface area (Å²) >= 11 is 0. The second kappa shape index (κ2) is 10.4. The van der Waals surface area contributed by atoms with Gasteiger partial charge in [-0.15, -0.1) is 0 Å². The first kappa shape index (κ1) is 25.2. The third-order valence-corrected chi connectivity index (χ3v) is 7.65. The van der Waals surface area contributed by atoms with Gasteiger partial charge in [-0.2, -0.15) is 17.9 Å². The van der Waals surface area contributed by atoms with Gasteiger partial charge in [0.05, 0.1) is 52.2 Å². The molecule has 1 aliphatic rings. The van der Waals surface area contributed by atoms with Gasteiger partial charge in [-0.1, -0.05) is 18.2 Å². The Morgan fingerprint density at radius 1 is 0.750 bits per heavy atom. The zero-order chi connectivity index (χ0) is 25.9. The van der Waals surface area contributed by atoms with E-state index in [1.54, 1.807) is 68.8 Å². The Labute approximate surface area is 210 Å². The van der Waals surface area contributed by atoms with Crippen LogP contribution in [0.5, 0.6) is 28.7 Å².